The van der Waals surface area contributed by atoms with Crippen molar-refractivity contribution in [2.75, 3.05) is 19.6 Å². The molecule has 0 bridgehead atoms. The Hall–Kier alpha value is -14.9. The molecule has 0 N–H and O–H groups in total. The minimum absolute atomic E-state index is 0.216. The van der Waals surface area contributed by atoms with Gasteiger partial charge in [-0.3, -0.25) is 0 Å². The van der Waals surface area contributed by atoms with Crippen molar-refractivity contribution in [1.29, 1.82) is 0 Å². The lowest BCUT2D eigenvalue weighted by Crippen LogP contribution is -2.15. The third-order valence-electron chi connectivity index (χ3n) is 23.8. The van der Waals surface area contributed by atoms with E-state index in [0.29, 0.717) is 78.9 Å². The Labute approximate surface area is 701 Å². The average molecular weight is 1610 g/mol. The first kappa shape index (κ1) is 77.1. The van der Waals surface area contributed by atoms with E-state index in [1.165, 1.54) is 24.3 Å². The largest absolute Gasteiger partial charge is 0.307 e. The van der Waals surface area contributed by atoms with Crippen molar-refractivity contribution in [1.82, 2.24) is 0 Å². The molecule has 0 atom stereocenters. The Morgan fingerprint density at radius 3 is 0.697 bits per heavy atom. The molecule has 0 aliphatic rings. The monoisotopic (exact) mass is 1600 g/mol. The van der Waals surface area contributed by atoms with Gasteiger partial charge in [0, 0.05) is 90.8 Å². The predicted molar refractivity (Wildman–Crippen MR) is 489 cm³/mol. The van der Waals surface area contributed by atoms with Crippen LogP contribution in [0, 0.1) is 88.1 Å². The third-order valence-corrected chi connectivity index (χ3v) is 23.8. The molecule has 122 heavy (non-hydrogen) atoms. The second-order valence-corrected chi connectivity index (χ2v) is 31.2. The Kier molecular flexibility index (Phi) is 19.9. The summed E-state index contributed by atoms with van der Waals surface area (Å²) in [7, 11) is 0. The van der Waals surface area contributed by atoms with Gasteiger partial charge in [0.25, 0.3) is 0 Å². The summed E-state index contributed by atoms with van der Waals surface area (Å²) in [6, 6.07) is 107. The standard InChI is InChI=1S/C56H40F4N2.C54H36F4N2/c1-33-13-11-19-43(35(33)3)47-29-39(57)31-49(59)55(47)61(41-15-7-5-8-16-41)51-27-23-37-22-26-46-52(28-24-38-21-25-45(51)53(37)54(38)46)62(42-17-9-6-10-18-42)56-48(30-40(58)32-50(56)60)44-20-12-14-34(2)36(44)4;1-33-13-17-35(18-14-33)45-29-39(55)31-47(57)53(45)59(41-9-5-3-6-10-41)49-27-23-37-22-26-44-50(28-24-38-21-25-43(49)51(37)52(38)44)60(42-11-7-4-8-12-42)54-46(30-40(56)32-48(54)58)36-19-15-34(2)16-20-36/h5-32H,1-4H3;3-32H,1-2H3. The first-order chi connectivity index (χ1) is 59.3. The van der Waals surface area contributed by atoms with Crippen LogP contribution >= 0.6 is 0 Å². The summed E-state index contributed by atoms with van der Waals surface area (Å²) >= 11 is 0. The maximum atomic E-state index is 16.8. The molecule has 12 heteroatoms. The van der Waals surface area contributed by atoms with Crippen LogP contribution in [0.25, 0.3) is 109 Å². The summed E-state index contributed by atoms with van der Waals surface area (Å²) in [6.45, 7) is 11.9. The normalized spacial score (nSPS) is 11.5. The summed E-state index contributed by atoms with van der Waals surface area (Å²) in [5.74, 6) is -5.48. The van der Waals surface area contributed by atoms with Gasteiger partial charge in [-0.05, 0) is 226 Å². The minimum Gasteiger partial charge on any atom is -0.307 e. The van der Waals surface area contributed by atoms with Crippen LogP contribution in [0.2, 0.25) is 0 Å². The van der Waals surface area contributed by atoms with E-state index in [-0.39, 0.29) is 22.7 Å². The molecule has 4 nitrogen and oxygen atoms in total. The van der Waals surface area contributed by atoms with Crippen LogP contribution in [0.1, 0.15) is 33.4 Å². The second-order valence-electron chi connectivity index (χ2n) is 31.2. The Balaban J connectivity index is 0.000000161. The first-order valence-corrected chi connectivity index (χ1v) is 40.4. The number of halogens is 8. The molecule has 0 amide bonds. The quantitative estimate of drug-likeness (QED) is 0.0706. The van der Waals surface area contributed by atoms with Crippen molar-refractivity contribution in [2.45, 2.75) is 41.5 Å². The maximum Gasteiger partial charge on any atom is 0.150 e. The van der Waals surface area contributed by atoms with Gasteiger partial charge in [0.2, 0.25) is 0 Å². The number of rotatable bonds is 16. The highest BCUT2D eigenvalue weighted by molar-refractivity contribution is 6.30. The maximum absolute atomic E-state index is 16.8. The minimum atomic E-state index is -0.702. The average Bonchev–Trinajstić information content (AvgIpc) is 0.718. The fourth-order valence-corrected chi connectivity index (χ4v) is 17.8. The topological polar surface area (TPSA) is 13.0 Å². The van der Waals surface area contributed by atoms with Crippen LogP contribution in [0.4, 0.5) is 103 Å². The number of anilines is 12. The molecule has 0 fully saturated rings. The van der Waals surface area contributed by atoms with Crippen molar-refractivity contribution in [3.63, 3.8) is 0 Å². The van der Waals surface area contributed by atoms with E-state index in [0.717, 1.165) is 133 Å². The van der Waals surface area contributed by atoms with E-state index in [2.05, 4.69) is 24.3 Å². The lowest BCUT2D eigenvalue weighted by atomic mass is 9.90. The number of hydrogen-bond donors (Lipinski definition) is 0. The first-order valence-electron chi connectivity index (χ1n) is 40.4. The lowest BCUT2D eigenvalue weighted by Gasteiger charge is -2.31. The van der Waals surface area contributed by atoms with E-state index in [9.17, 15) is 0 Å². The number of aryl methyl sites for hydroxylation is 4. The van der Waals surface area contributed by atoms with E-state index < -0.39 is 46.5 Å². The van der Waals surface area contributed by atoms with E-state index in [4.69, 9.17) is 0 Å². The number of hydrogen-bond acceptors (Lipinski definition) is 4. The molecule has 0 heterocycles. The van der Waals surface area contributed by atoms with Gasteiger partial charge in [-0.2, -0.15) is 0 Å². The Bertz CT molecular complexity index is 6990. The van der Waals surface area contributed by atoms with Gasteiger partial charge in [0.05, 0.1) is 45.5 Å². The Morgan fingerprint density at radius 2 is 0.434 bits per heavy atom. The zero-order chi connectivity index (χ0) is 83.9. The van der Waals surface area contributed by atoms with Crippen molar-refractivity contribution in [2.24, 2.45) is 0 Å². The highest BCUT2D eigenvalue weighted by atomic mass is 19.2. The number of nitrogens with zero attached hydrogens (tertiary/aromatic N) is 4. The van der Waals surface area contributed by atoms with Crippen LogP contribution in [-0.4, -0.2) is 0 Å². The highest BCUT2D eigenvalue weighted by Crippen LogP contribution is 2.55. The molecule has 20 rings (SSSR count). The number of benzene rings is 20. The smallest absolute Gasteiger partial charge is 0.150 e. The van der Waals surface area contributed by atoms with Crippen molar-refractivity contribution in [3.8, 4) is 44.5 Å². The van der Waals surface area contributed by atoms with E-state index in [1.54, 1.807) is 0 Å². The van der Waals surface area contributed by atoms with E-state index in [1.807, 2.05) is 340 Å². The van der Waals surface area contributed by atoms with Gasteiger partial charge in [0.1, 0.15) is 23.3 Å². The summed E-state index contributed by atoms with van der Waals surface area (Å²) in [5.41, 5.74) is 16.9. The molecule has 0 spiro atoms. The molecule has 20 aromatic rings. The van der Waals surface area contributed by atoms with Crippen LogP contribution in [0.5, 0.6) is 0 Å². The fourth-order valence-electron chi connectivity index (χ4n) is 17.8. The zero-order valence-electron chi connectivity index (χ0n) is 67.3. The molecule has 0 saturated heterocycles. The lowest BCUT2D eigenvalue weighted by molar-refractivity contribution is 0.584. The van der Waals surface area contributed by atoms with Gasteiger partial charge in [-0.25, -0.2) is 35.1 Å². The number of para-hydroxylation sites is 4. The molecule has 0 aliphatic carbocycles. The fraction of sp³-hybridized carbons (Fsp3) is 0.0545. The van der Waals surface area contributed by atoms with Gasteiger partial charge in [-0.1, -0.05) is 242 Å². The van der Waals surface area contributed by atoms with Gasteiger partial charge in [0.15, 0.2) is 23.3 Å². The van der Waals surface area contributed by atoms with E-state index >= 15 is 35.1 Å². The molecule has 0 aliphatic heterocycles. The second kappa shape index (κ2) is 31.4. The summed E-state index contributed by atoms with van der Waals surface area (Å²) in [6.07, 6.45) is 0. The molecule has 592 valence electrons. The SMILES string of the molecule is Cc1ccc(-c2cc(F)cc(F)c2N(c2ccccc2)c2ccc3ccc4c(N(c5ccccc5)c5c(F)cc(F)cc5-c5ccc(C)cc5)ccc5ccc2c3c54)cc1.Cc1cccc(-c2cc(F)cc(F)c2N(c2ccccc2)c2ccc3ccc4c(N(c5ccccc5)c5c(F)cc(F)cc5-c5cccc(C)c5C)ccc5ccc2c3c54)c1C. The third kappa shape index (κ3) is 13.6. The van der Waals surface area contributed by atoms with Crippen LogP contribution in [0.3, 0.4) is 0 Å². The summed E-state index contributed by atoms with van der Waals surface area (Å²) < 4.78 is 128. The Morgan fingerprint density at radius 1 is 0.197 bits per heavy atom. The van der Waals surface area contributed by atoms with Crippen molar-refractivity contribution in [3.05, 3.63) is 432 Å². The van der Waals surface area contributed by atoms with Gasteiger partial charge >= 0.3 is 0 Å². The van der Waals surface area contributed by atoms with Gasteiger partial charge in [-0.15, -0.1) is 0 Å². The summed E-state index contributed by atoms with van der Waals surface area (Å²) in [5, 5.41) is 10.9. The molecule has 0 aromatic heterocycles. The molecule has 0 unspecified atom stereocenters. The zero-order valence-corrected chi connectivity index (χ0v) is 67.3. The van der Waals surface area contributed by atoms with Crippen molar-refractivity contribution >= 4 is 133 Å². The van der Waals surface area contributed by atoms with Crippen molar-refractivity contribution < 1.29 is 35.1 Å². The van der Waals surface area contributed by atoms with Crippen LogP contribution in [-0.2, 0) is 0 Å². The molecule has 0 saturated carbocycles. The molecule has 20 aromatic carbocycles. The molecule has 0 radical (unpaired) electrons. The molecular weight excluding hydrogens is 1530 g/mol. The van der Waals surface area contributed by atoms with Crippen LogP contribution < -0.4 is 19.6 Å². The molecular formula is C110H76F8N4. The summed E-state index contributed by atoms with van der Waals surface area (Å²) in [4.78, 5) is 7.52. The van der Waals surface area contributed by atoms with Gasteiger partial charge < -0.3 is 19.6 Å². The highest BCUT2D eigenvalue weighted by Gasteiger charge is 2.32. The van der Waals surface area contributed by atoms with Crippen LogP contribution in [0.15, 0.2) is 352 Å². The predicted octanol–water partition coefficient (Wildman–Crippen LogP) is 32.7.